The van der Waals surface area contributed by atoms with Gasteiger partial charge in [-0.05, 0) is 37.1 Å². The summed E-state index contributed by atoms with van der Waals surface area (Å²) in [5.74, 6) is 0. The van der Waals surface area contributed by atoms with Gasteiger partial charge in [-0.1, -0.05) is 6.42 Å². The van der Waals surface area contributed by atoms with Gasteiger partial charge >= 0.3 is 0 Å². The van der Waals surface area contributed by atoms with Gasteiger partial charge in [-0.2, -0.15) is 17.0 Å². The zero-order valence-electron chi connectivity index (χ0n) is 11.1. The van der Waals surface area contributed by atoms with Gasteiger partial charge in [0.25, 0.3) is 0 Å². The highest BCUT2D eigenvalue weighted by Crippen LogP contribution is 2.27. The van der Waals surface area contributed by atoms with Crippen LogP contribution in [0.3, 0.4) is 0 Å². The number of thioether (sulfide) groups is 1. The highest BCUT2D eigenvalue weighted by Gasteiger charge is 2.20. The Morgan fingerprint density at radius 1 is 1.56 bits per heavy atom. The zero-order valence-corrected chi connectivity index (χ0v) is 12.0. The maximum Gasteiger partial charge on any atom is 0.120 e. The van der Waals surface area contributed by atoms with Gasteiger partial charge < -0.3 is 9.88 Å². The SMILES string of the molecule is CSC1CCCC(NCc2cc(C#N)n(C)c2)C1. The molecular weight excluding hydrogens is 242 g/mol. The number of aromatic nitrogens is 1. The summed E-state index contributed by atoms with van der Waals surface area (Å²) in [6, 6.07) is 4.82. The van der Waals surface area contributed by atoms with Crippen LogP contribution in [0.5, 0.6) is 0 Å². The van der Waals surface area contributed by atoms with E-state index in [0.29, 0.717) is 6.04 Å². The summed E-state index contributed by atoms with van der Waals surface area (Å²) in [5.41, 5.74) is 1.94. The van der Waals surface area contributed by atoms with Crippen molar-refractivity contribution < 1.29 is 0 Å². The first-order valence-corrected chi connectivity index (χ1v) is 7.83. The lowest BCUT2D eigenvalue weighted by Crippen LogP contribution is -2.34. The van der Waals surface area contributed by atoms with Crippen LogP contribution in [0.1, 0.15) is 36.9 Å². The fourth-order valence-electron chi connectivity index (χ4n) is 2.65. The Kier molecular flexibility index (Phi) is 4.73. The third kappa shape index (κ3) is 3.30. The first-order chi connectivity index (χ1) is 8.72. The molecule has 1 fully saturated rings. The second kappa shape index (κ2) is 6.31. The van der Waals surface area contributed by atoms with Crippen LogP contribution in [0.4, 0.5) is 0 Å². The monoisotopic (exact) mass is 263 g/mol. The summed E-state index contributed by atoms with van der Waals surface area (Å²) < 4.78 is 1.89. The van der Waals surface area contributed by atoms with Gasteiger partial charge in [0.1, 0.15) is 11.8 Å². The van der Waals surface area contributed by atoms with Crippen LogP contribution in [0.2, 0.25) is 0 Å². The molecule has 0 radical (unpaired) electrons. The molecule has 1 N–H and O–H groups in total. The van der Waals surface area contributed by atoms with Crippen LogP contribution in [-0.2, 0) is 13.6 Å². The summed E-state index contributed by atoms with van der Waals surface area (Å²) in [7, 11) is 1.92. The lowest BCUT2D eigenvalue weighted by molar-refractivity contribution is 0.380. The van der Waals surface area contributed by atoms with Gasteiger partial charge in [-0.25, -0.2) is 0 Å². The zero-order chi connectivity index (χ0) is 13.0. The molecule has 1 saturated carbocycles. The van der Waals surface area contributed by atoms with Crippen LogP contribution in [0.25, 0.3) is 0 Å². The molecule has 2 unspecified atom stereocenters. The van der Waals surface area contributed by atoms with Crippen LogP contribution < -0.4 is 5.32 Å². The van der Waals surface area contributed by atoms with Crippen molar-refractivity contribution in [2.24, 2.45) is 7.05 Å². The number of rotatable bonds is 4. The maximum atomic E-state index is 8.92. The second-order valence-electron chi connectivity index (χ2n) is 5.06. The Morgan fingerprint density at radius 3 is 3.06 bits per heavy atom. The molecule has 18 heavy (non-hydrogen) atoms. The molecule has 0 aliphatic heterocycles. The minimum absolute atomic E-state index is 0.641. The van der Waals surface area contributed by atoms with E-state index in [4.69, 9.17) is 5.26 Å². The third-order valence-electron chi connectivity index (χ3n) is 3.73. The Labute approximate surface area is 114 Å². The molecule has 2 atom stereocenters. The van der Waals surface area contributed by atoms with Crippen molar-refractivity contribution in [2.75, 3.05) is 6.26 Å². The predicted molar refractivity (Wildman–Crippen MR) is 76.5 cm³/mol. The van der Waals surface area contributed by atoms with E-state index in [1.807, 2.05) is 35.6 Å². The standard InChI is InChI=1S/C14H21N3S/c1-17-10-11(6-13(17)8-15)9-16-12-4-3-5-14(7-12)18-2/h6,10,12,14,16H,3-5,7,9H2,1-2H3. The molecule has 0 amide bonds. The quantitative estimate of drug-likeness (QED) is 0.908. The average Bonchev–Trinajstić information content (AvgIpc) is 2.77. The molecule has 3 nitrogen and oxygen atoms in total. The van der Waals surface area contributed by atoms with Crippen LogP contribution in [-0.4, -0.2) is 22.1 Å². The first kappa shape index (κ1) is 13.5. The minimum Gasteiger partial charge on any atom is -0.342 e. The van der Waals surface area contributed by atoms with Crippen molar-refractivity contribution in [1.82, 2.24) is 9.88 Å². The van der Waals surface area contributed by atoms with Crippen molar-refractivity contribution in [1.29, 1.82) is 5.26 Å². The molecule has 0 aromatic carbocycles. The number of nitriles is 1. The van der Waals surface area contributed by atoms with Gasteiger partial charge in [0, 0.05) is 31.1 Å². The molecule has 1 aliphatic carbocycles. The Morgan fingerprint density at radius 2 is 2.39 bits per heavy atom. The molecule has 1 aromatic rings. The van der Waals surface area contributed by atoms with Crippen LogP contribution in [0, 0.1) is 11.3 Å². The maximum absolute atomic E-state index is 8.92. The fraction of sp³-hybridized carbons (Fsp3) is 0.643. The summed E-state index contributed by atoms with van der Waals surface area (Å²) in [6.07, 6.45) is 9.52. The predicted octanol–water partition coefficient (Wildman–Crippen LogP) is 2.66. The molecule has 2 rings (SSSR count). The number of hydrogen-bond donors (Lipinski definition) is 1. The lowest BCUT2D eigenvalue weighted by atomic mass is 9.95. The minimum atomic E-state index is 0.641. The molecule has 4 heteroatoms. The molecule has 0 saturated heterocycles. The summed E-state index contributed by atoms with van der Waals surface area (Å²) in [4.78, 5) is 0. The smallest absolute Gasteiger partial charge is 0.120 e. The van der Waals surface area contributed by atoms with E-state index in [1.165, 1.54) is 31.2 Å². The first-order valence-electron chi connectivity index (χ1n) is 6.54. The van der Waals surface area contributed by atoms with Crippen molar-refractivity contribution in [3.05, 3.63) is 23.5 Å². The third-order valence-corrected chi connectivity index (χ3v) is 4.83. The fourth-order valence-corrected chi connectivity index (χ4v) is 3.47. The Bertz CT molecular complexity index is 433. The Balaban J connectivity index is 1.85. The number of hydrogen-bond acceptors (Lipinski definition) is 3. The Hall–Kier alpha value is -0.920. The van der Waals surface area contributed by atoms with E-state index in [0.717, 1.165) is 17.5 Å². The van der Waals surface area contributed by atoms with E-state index < -0.39 is 0 Å². The number of nitrogens with one attached hydrogen (secondary N) is 1. The van der Waals surface area contributed by atoms with E-state index in [-0.39, 0.29) is 0 Å². The molecule has 0 bridgehead atoms. The van der Waals surface area contributed by atoms with E-state index >= 15 is 0 Å². The van der Waals surface area contributed by atoms with Gasteiger partial charge in [0.05, 0.1) is 0 Å². The summed E-state index contributed by atoms with van der Waals surface area (Å²) >= 11 is 1.99. The normalized spacial score (nSPS) is 23.8. The van der Waals surface area contributed by atoms with E-state index in [2.05, 4.69) is 17.6 Å². The summed E-state index contributed by atoms with van der Waals surface area (Å²) in [6.45, 7) is 0.876. The topological polar surface area (TPSA) is 40.8 Å². The molecule has 1 aliphatic rings. The highest BCUT2D eigenvalue weighted by atomic mass is 32.2. The van der Waals surface area contributed by atoms with Gasteiger partial charge in [0.15, 0.2) is 0 Å². The molecule has 98 valence electrons. The second-order valence-corrected chi connectivity index (χ2v) is 6.20. The number of nitrogens with zero attached hydrogens (tertiary/aromatic N) is 2. The van der Waals surface area contributed by atoms with Crippen LogP contribution in [0.15, 0.2) is 12.3 Å². The van der Waals surface area contributed by atoms with Gasteiger partial charge in [-0.3, -0.25) is 0 Å². The molecule has 1 aromatic heterocycles. The van der Waals surface area contributed by atoms with Crippen molar-refractivity contribution >= 4 is 11.8 Å². The average molecular weight is 263 g/mol. The molecule has 0 spiro atoms. The highest BCUT2D eigenvalue weighted by molar-refractivity contribution is 7.99. The largest absolute Gasteiger partial charge is 0.342 e. The summed E-state index contributed by atoms with van der Waals surface area (Å²) in [5, 5.41) is 13.4. The van der Waals surface area contributed by atoms with E-state index in [9.17, 15) is 0 Å². The van der Waals surface area contributed by atoms with Crippen LogP contribution >= 0.6 is 11.8 Å². The van der Waals surface area contributed by atoms with Crippen molar-refractivity contribution in [2.45, 2.75) is 43.5 Å². The van der Waals surface area contributed by atoms with Gasteiger partial charge in [-0.15, -0.1) is 0 Å². The number of aryl methyl sites for hydroxylation is 1. The van der Waals surface area contributed by atoms with Crippen molar-refractivity contribution in [3.63, 3.8) is 0 Å². The molecule has 1 heterocycles. The van der Waals surface area contributed by atoms with Crippen molar-refractivity contribution in [3.8, 4) is 6.07 Å². The molecular formula is C14H21N3S. The van der Waals surface area contributed by atoms with Gasteiger partial charge in [0.2, 0.25) is 0 Å². The van der Waals surface area contributed by atoms with E-state index in [1.54, 1.807) is 0 Å². The lowest BCUT2D eigenvalue weighted by Gasteiger charge is -2.28.